The third kappa shape index (κ3) is 5.62. The Morgan fingerprint density at radius 3 is 1.86 bits per heavy atom. The Morgan fingerprint density at radius 2 is 1.36 bits per heavy atom. The molecule has 2 aliphatic carbocycles. The second-order valence-corrected chi connectivity index (χ2v) is 7.06. The van der Waals surface area contributed by atoms with E-state index in [-0.39, 0.29) is 17.7 Å². The van der Waals surface area contributed by atoms with Crippen molar-refractivity contribution < 1.29 is 9.59 Å². The molecule has 2 N–H and O–H groups in total. The van der Waals surface area contributed by atoms with Crippen molar-refractivity contribution in [2.75, 3.05) is 0 Å². The summed E-state index contributed by atoms with van der Waals surface area (Å²) in [5.41, 5.74) is 0. The van der Waals surface area contributed by atoms with Crippen LogP contribution in [0, 0.1) is 5.92 Å². The van der Waals surface area contributed by atoms with Crippen LogP contribution in [0.25, 0.3) is 0 Å². The maximum Gasteiger partial charge on any atom is 0.223 e. The minimum absolute atomic E-state index is 0.0533. The van der Waals surface area contributed by atoms with Gasteiger partial charge in [0.05, 0.1) is 0 Å². The van der Waals surface area contributed by atoms with Crippen molar-refractivity contribution >= 4 is 11.8 Å². The van der Waals surface area contributed by atoms with Gasteiger partial charge in [-0.25, -0.2) is 0 Å². The maximum absolute atomic E-state index is 12.4. The first kappa shape index (κ1) is 17.3. The molecule has 0 bridgehead atoms. The molecule has 2 saturated carbocycles. The van der Waals surface area contributed by atoms with Crippen molar-refractivity contribution in [3.63, 3.8) is 0 Å². The van der Waals surface area contributed by atoms with Gasteiger partial charge in [-0.15, -0.1) is 0 Å². The summed E-state index contributed by atoms with van der Waals surface area (Å²) in [5.74, 6) is -0.0451. The van der Waals surface area contributed by atoms with Crippen LogP contribution < -0.4 is 10.6 Å². The molecule has 4 heteroatoms. The zero-order valence-electron chi connectivity index (χ0n) is 14.0. The van der Waals surface area contributed by atoms with E-state index in [0.717, 1.165) is 32.1 Å². The van der Waals surface area contributed by atoms with Crippen LogP contribution in [0.3, 0.4) is 0 Å². The molecular formula is C18H32N2O2. The molecule has 0 radical (unpaired) electrons. The van der Waals surface area contributed by atoms with Crippen molar-refractivity contribution in [1.29, 1.82) is 0 Å². The first-order valence-corrected chi connectivity index (χ1v) is 9.28. The fourth-order valence-electron chi connectivity index (χ4n) is 3.75. The highest BCUT2D eigenvalue weighted by atomic mass is 16.2. The van der Waals surface area contributed by atoms with Crippen LogP contribution in [0.5, 0.6) is 0 Å². The largest absolute Gasteiger partial charge is 0.353 e. The predicted molar refractivity (Wildman–Crippen MR) is 88.4 cm³/mol. The Morgan fingerprint density at radius 1 is 0.864 bits per heavy atom. The summed E-state index contributed by atoms with van der Waals surface area (Å²) in [4.78, 5) is 24.6. The molecule has 0 aromatic heterocycles. The normalized spacial score (nSPS) is 22.0. The maximum atomic E-state index is 12.4. The minimum atomic E-state index is -0.175. The van der Waals surface area contributed by atoms with Gasteiger partial charge in [0.2, 0.25) is 11.8 Å². The van der Waals surface area contributed by atoms with Gasteiger partial charge in [0.15, 0.2) is 0 Å². The number of hydrogen-bond donors (Lipinski definition) is 2. The van der Waals surface area contributed by atoms with E-state index in [4.69, 9.17) is 0 Å². The van der Waals surface area contributed by atoms with E-state index in [9.17, 15) is 9.59 Å². The van der Waals surface area contributed by atoms with Crippen LogP contribution in [0.2, 0.25) is 0 Å². The lowest BCUT2D eigenvalue weighted by Gasteiger charge is -2.26. The zero-order valence-corrected chi connectivity index (χ0v) is 14.0. The topological polar surface area (TPSA) is 58.2 Å². The first-order chi connectivity index (χ1) is 10.7. The lowest BCUT2D eigenvalue weighted by Crippen LogP contribution is -2.42. The van der Waals surface area contributed by atoms with Crippen molar-refractivity contribution in [3.8, 4) is 0 Å². The average Bonchev–Trinajstić information content (AvgIpc) is 2.54. The van der Waals surface area contributed by atoms with Crippen LogP contribution >= 0.6 is 0 Å². The van der Waals surface area contributed by atoms with E-state index in [1.807, 2.05) is 6.92 Å². The number of nitrogens with one attached hydrogen (secondary N) is 2. The molecule has 22 heavy (non-hydrogen) atoms. The molecule has 2 fully saturated rings. The Labute approximate surface area is 134 Å². The number of carbonyl (C=O) groups excluding carboxylic acids is 2. The van der Waals surface area contributed by atoms with Crippen molar-refractivity contribution in [3.05, 3.63) is 0 Å². The summed E-state index contributed by atoms with van der Waals surface area (Å²) in [7, 11) is 0. The standard InChI is InChI=1S/C18H32N2O2/c1-2-14(18(22)20-16-11-7-4-8-12-16)13-17(21)19-15-9-5-3-6-10-15/h14-16H,2-13H2,1H3,(H,19,21)(H,20,22). The van der Waals surface area contributed by atoms with Gasteiger partial charge in [-0.2, -0.15) is 0 Å². The van der Waals surface area contributed by atoms with Crippen LogP contribution in [-0.2, 0) is 9.59 Å². The van der Waals surface area contributed by atoms with Gasteiger partial charge in [-0.1, -0.05) is 45.4 Å². The first-order valence-electron chi connectivity index (χ1n) is 9.28. The van der Waals surface area contributed by atoms with Crippen LogP contribution in [-0.4, -0.2) is 23.9 Å². The molecule has 4 nitrogen and oxygen atoms in total. The highest BCUT2D eigenvalue weighted by Gasteiger charge is 2.24. The van der Waals surface area contributed by atoms with E-state index < -0.39 is 0 Å². The van der Waals surface area contributed by atoms with Gasteiger partial charge in [0.1, 0.15) is 0 Å². The smallest absolute Gasteiger partial charge is 0.223 e. The molecule has 0 aromatic rings. The molecule has 2 amide bonds. The summed E-state index contributed by atoms with van der Waals surface area (Å²) in [6, 6.07) is 0.664. The van der Waals surface area contributed by atoms with Gasteiger partial charge >= 0.3 is 0 Å². The van der Waals surface area contributed by atoms with Crippen molar-refractivity contribution in [2.45, 2.75) is 96.1 Å². The number of rotatable bonds is 6. The Balaban J connectivity index is 1.74. The number of amides is 2. The minimum Gasteiger partial charge on any atom is -0.353 e. The van der Waals surface area contributed by atoms with Crippen molar-refractivity contribution in [2.24, 2.45) is 5.92 Å². The Kier molecular flexibility index (Phi) is 7.20. The second-order valence-electron chi connectivity index (χ2n) is 7.06. The Hall–Kier alpha value is -1.06. The van der Waals surface area contributed by atoms with Gasteiger partial charge < -0.3 is 10.6 Å². The van der Waals surface area contributed by atoms with Crippen LogP contribution in [0.4, 0.5) is 0 Å². The summed E-state index contributed by atoms with van der Waals surface area (Å²) in [6.07, 6.45) is 12.9. The summed E-state index contributed by atoms with van der Waals surface area (Å²) < 4.78 is 0. The van der Waals surface area contributed by atoms with Crippen LogP contribution in [0.1, 0.15) is 84.0 Å². The quantitative estimate of drug-likeness (QED) is 0.791. The van der Waals surface area contributed by atoms with E-state index in [2.05, 4.69) is 10.6 Å². The fourth-order valence-corrected chi connectivity index (χ4v) is 3.75. The highest BCUT2D eigenvalue weighted by molar-refractivity contribution is 5.86. The molecule has 0 heterocycles. The van der Waals surface area contributed by atoms with E-state index in [1.165, 1.54) is 38.5 Å². The number of carbonyl (C=O) groups is 2. The molecule has 1 unspecified atom stereocenters. The molecule has 1 atom stereocenters. The monoisotopic (exact) mass is 308 g/mol. The average molecular weight is 308 g/mol. The lowest BCUT2D eigenvalue weighted by molar-refractivity contribution is -0.131. The summed E-state index contributed by atoms with van der Waals surface area (Å²) in [5, 5.41) is 6.28. The zero-order chi connectivity index (χ0) is 15.8. The molecule has 2 aliphatic rings. The molecular weight excluding hydrogens is 276 g/mol. The second kappa shape index (κ2) is 9.16. The third-order valence-electron chi connectivity index (χ3n) is 5.22. The van der Waals surface area contributed by atoms with Gasteiger partial charge in [0, 0.05) is 24.4 Å². The fraction of sp³-hybridized carbons (Fsp3) is 0.889. The van der Waals surface area contributed by atoms with Gasteiger partial charge in [-0.3, -0.25) is 9.59 Å². The number of hydrogen-bond acceptors (Lipinski definition) is 2. The highest BCUT2D eigenvalue weighted by Crippen LogP contribution is 2.20. The van der Waals surface area contributed by atoms with Crippen molar-refractivity contribution in [1.82, 2.24) is 10.6 Å². The molecule has 0 aromatic carbocycles. The van der Waals surface area contributed by atoms with Gasteiger partial charge in [0.25, 0.3) is 0 Å². The van der Waals surface area contributed by atoms with E-state index >= 15 is 0 Å². The van der Waals surface area contributed by atoms with E-state index in [0.29, 0.717) is 18.5 Å². The molecule has 0 saturated heterocycles. The molecule has 0 aliphatic heterocycles. The summed E-state index contributed by atoms with van der Waals surface area (Å²) >= 11 is 0. The van der Waals surface area contributed by atoms with Crippen LogP contribution in [0.15, 0.2) is 0 Å². The van der Waals surface area contributed by atoms with Gasteiger partial charge in [-0.05, 0) is 32.1 Å². The lowest BCUT2D eigenvalue weighted by atomic mass is 9.93. The predicted octanol–water partition coefficient (Wildman–Crippen LogP) is 3.30. The molecule has 2 rings (SSSR count). The molecule has 126 valence electrons. The molecule has 0 spiro atoms. The summed E-state index contributed by atoms with van der Waals surface area (Å²) in [6.45, 7) is 2.00. The Bertz CT molecular complexity index is 358. The van der Waals surface area contributed by atoms with E-state index in [1.54, 1.807) is 0 Å². The SMILES string of the molecule is CCC(CC(=O)NC1CCCCC1)C(=O)NC1CCCCC1. The third-order valence-corrected chi connectivity index (χ3v) is 5.22.